The molecule has 2 aromatic rings. The van der Waals surface area contributed by atoms with Gasteiger partial charge in [-0.05, 0) is 24.3 Å². The van der Waals surface area contributed by atoms with Gasteiger partial charge in [0.25, 0.3) is 0 Å². The summed E-state index contributed by atoms with van der Waals surface area (Å²) in [7, 11) is 1.51. The summed E-state index contributed by atoms with van der Waals surface area (Å²) in [6.07, 6.45) is 0.0785. The van der Waals surface area contributed by atoms with Crippen molar-refractivity contribution in [3.05, 3.63) is 65.2 Å². The Kier molecular flexibility index (Phi) is 3.90. The second-order valence-electron chi connectivity index (χ2n) is 4.04. The summed E-state index contributed by atoms with van der Waals surface area (Å²) in [6, 6.07) is 10.2. The summed E-state index contributed by atoms with van der Waals surface area (Å²) < 4.78 is 31.0. The smallest absolute Gasteiger partial charge is 0.167 e. The maximum absolute atomic E-state index is 13.1. The first-order chi connectivity index (χ1) is 9.11. The van der Waals surface area contributed by atoms with E-state index in [1.807, 2.05) is 0 Å². The number of para-hydroxylation sites is 1. The molecule has 0 N–H and O–H groups in total. The molecule has 0 aliphatic rings. The third-order valence-electron chi connectivity index (χ3n) is 2.79. The first-order valence-corrected chi connectivity index (χ1v) is 5.72. The summed E-state index contributed by atoms with van der Waals surface area (Å²) in [5.74, 6) is -1.68. The van der Waals surface area contributed by atoms with Crippen LogP contribution in [0.25, 0.3) is 0 Å². The Bertz CT molecular complexity index is 609. The number of ketones is 1. The van der Waals surface area contributed by atoms with Gasteiger partial charge >= 0.3 is 0 Å². The molecular weight excluding hydrogens is 250 g/mol. The predicted molar refractivity (Wildman–Crippen MR) is 67.4 cm³/mol. The highest BCUT2D eigenvalue weighted by Crippen LogP contribution is 2.20. The highest BCUT2D eigenvalue weighted by atomic mass is 19.2. The zero-order valence-electron chi connectivity index (χ0n) is 10.3. The Morgan fingerprint density at radius 2 is 1.84 bits per heavy atom. The molecule has 2 nitrogen and oxygen atoms in total. The normalized spacial score (nSPS) is 10.3. The van der Waals surface area contributed by atoms with Crippen molar-refractivity contribution in [2.45, 2.75) is 6.42 Å². The Hall–Kier alpha value is -2.23. The molecule has 0 bridgehead atoms. The molecule has 0 fully saturated rings. The Balaban J connectivity index is 2.23. The van der Waals surface area contributed by atoms with Crippen molar-refractivity contribution in [1.29, 1.82) is 0 Å². The minimum absolute atomic E-state index is 0.0785. The van der Waals surface area contributed by atoms with Gasteiger partial charge in [-0.3, -0.25) is 4.79 Å². The van der Waals surface area contributed by atoms with Crippen LogP contribution in [0, 0.1) is 11.6 Å². The fourth-order valence-electron chi connectivity index (χ4n) is 1.79. The third-order valence-corrected chi connectivity index (χ3v) is 2.79. The van der Waals surface area contributed by atoms with Gasteiger partial charge in [0.1, 0.15) is 5.75 Å². The van der Waals surface area contributed by atoms with Crippen molar-refractivity contribution in [3.8, 4) is 5.75 Å². The van der Waals surface area contributed by atoms with E-state index in [4.69, 9.17) is 4.74 Å². The lowest BCUT2D eigenvalue weighted by Crippen LogP contribution is -2.05. The molecule has 0 amide bonds. The maximum Gasteiger partial charge on any atom is 0.167 e. The van der Waals surface area contributed by atoms with Crippen LogP contribution in [-0.4, -0.2) is 12.9 Å². The molecule has 0 saturated carbocycles. The van der Waals surface area contributed by atoms with E-state index in [-0.39, 0.29) is 17.8 Å². The molecule has 19 heavy (non-hydrogen) atoms. The van der Waals surface area contributed by atoms with Crippen LogP contribution in [-0.2, 0) is 6.42 Å². The van der Waals surface area contributed by atoms with E-state index in [0.29, 0.717) is 11.3 Å². The maximum atomic E-state index is 13.1. The first kappa shape index (κ1) is 13.2. The molecule has 0 saturated heterocycles. The van der Waals surface area contributed by atoms with Gasteiger partial charge in [0, 0.05) is 17.5 Å². The van der Waals surface area contributed by atoms with Crippen molar-refractivity contribution in [3.63, 3.8) is 0 Å². The van der Waals surface area contributed by atoms with Crippen molar-refractivity contribution in [2.24, 2.45) is 0 Å². The van der Waals surface area contributed by atoms with E-state index < -0.39 is 11.6 Å². The molecule has 0 unspecified atom stereocenters. The average molecular weight is 262 g/mol. The van der Waals surface area contributed by atoms with Crippen LogP contribution in [0.2, 0.25) is 0 Å². The highest BCUT2D eigenvalue weighted by molar-refractivity contribution is 5.97. The summed E-state index contributed by atoms with van der Waals surface area (Å²) in [5, 5.41) is 0. The summed E-state index contributed by atoms with van der Waals surface area (Å²) >= 11 is 0. The van der Waals surface area contributed by atoms with Gasteiger partial charge in [0.15, 0.2) is 17.4 Å². The molecule has 0 atom stereocenters. The summed E-state index contributed by atoms with van der Waals surface area (Å²) in [5.41, 5.74) is 0.851. The molecule has 2 aromatic carbocycles. The van der Waals surface area contributed by atoms with E-state index in [0.717, 1.165) is 12.1 Å². The van der Waals surface area contributed by atoms with Crippen LogP contribution in [0.5, 0.6) is 5.75 Å². The lowest BCUT2D eigenvalue weighted by molar-refractivity contribution is 0.0991. The van der Waals surface area contributed by atoms with Gasteiger partial charge in [-0.25, -0.2) is 8.78 Å². The van der Waals surface area contributed by atoms with Gasteiger partial charge in [0.05, 0.1) is 7.11 Å². The van der Waals surface area contributed by atoms with Gasteiger partial charge in [0.2, 0.25) is 0 Å². The van der Waals surface area contributed by atoms with E-state index in [2.05, 4.69) is 0 Å². The number of carbonyl (C=O) groups is 1. The fraction of sp³-hybridized carbons (Fsp3) is 0.133. The second kappa shape index (κ2) is 5.61. The zero-order chi connectivity index (χ0) is 13.8. The summed E-state index contributed by atoms with van der Waals surface area (Å²) in [4.78, 5) is 12.0. The van der Waals surface area contributed by atoms with Gasteiger partial charge in [-0.1, -0.05) is 18.2 Å². The van der Waals surface area contributed by atoms with Gasteiger partial charge in [-0.2, -0.15) is 0 Å². The average Bonchev–Trinajstić information content (AvgIpc) is 2.42. The monoisotopic (exact) mass is 262 g/mol. The predicted octanol–water partition coefficient (Wildman–Crippen LogP) is 3.40. The van der Waals surface area contributed by atoms with Crippen molar-refractivity contribution < 1.29 is 18.3 Å². The number of hydrogen-bond donors (Lipinski definition) is 0. The molecule has 2 rings (SSSR count). The Morgan fingerprint density at radius 1 is 1.11 bits per heavy atom. The lowest BCUT2D eigenvalue weighted by Gasteiger charge is -2.07. The molecule has 98 valence electrons. The number of methoxy groups -OCH3 is 1. The lowest BCUT2D eigenvalue weighted by atomic mass is 10.0. The van der Waals surface area contributed by atoms with Crippen LogP contribution in [0.4, 0.5) is 8.78 Å². The number of ether oxygens (including phenoxy) is 1. The molecule has 0 heterocycles. The van der Waals surface area contributed by atoms with Crippen LogP contribution in [0.1, 0.15) is 15.9 Å². The molecule has 0 spiro atoms. The van der Waals surface area contributed by atoms with Crippen molar-refractivity contribution >= 4 is 5.78 Å². The zero-order valence-corrected chi connectivity index (χ0v) is 10.3. The summed E-state index contributed by atoms with van der Waals surface area (Å²) in [6.45, 7) is 0. The number of halogens is 2. The minimum Gasteiger partial charge on any atom is -0.496 e. The fourth-order valence-corrected chi connectivity index (χ4v) is 1.79. The van der Waals surface area contributed by atoms with Crippen molar-refractivity contribution in [2.75, 3.05) is 7.11 Å². The SMILES string of the molecule is COc1ccccc1CC(=O)c1ccc(F)c(F)c1. The Morgan fingerprint density at radius 3 is 2.53 bits per heavy atom. The van der Waals surface area contributed by atoms with Crippen LogP contribution < -0.4 is 4.74 Å². The van der Waals surface area contributed by atoms with E-state index in [9.17, 15) is 13.6 Å². The first-order valence-electron chi connectivity index (χ1n) is 5.72. The van der Waals surface area contributed by atoms with E-state index in [1.165, 1.54) is 13.2 Å². The molecular formula is C15H12F2O2. The largest absolute Gasteiger partial charge is 0.496 e. The number of carbonyl (C=O) groups excluding carboxylic acids is 1. The number of Topliss-reactive ketones (excluding diaryl/α,β-unsaturated/α-hetero) is 1. The van der Waals surface area contributed by atoms with Crippen LogP contribution in [0.3, 0.4) is 0 Å². The van der Waals surface area contributed by atoms with Crippen LogP contribution in [0.15, 0.2) is 42.5 Å². The third kappa shape index (κ3) is 2.96. The van der Waals surface area contributed by atoms with Crippen molar-refractivity contribution in [1.82, 2.24) is 0 Å². The number of benzene rings is 2. The minimum atomic E-state index is -1.02. The van der Waals surface area contributed by atoms with E-state index >= 15 is 0 Å². The molecule has 0 radical (unpaired) electrons. The molecule has 4 heteroatoms. The van der Waals surface area contributed by atoms with E-state index in [1.54, 1.807) is 24.3 Å². The number of hydrogen-bond acceptors (Lipinski definition) is 2. The van der Waals surface area contributed by atoms with Gasteiger partial charge < -0.3 is 4.74 Å². The Labute approximate surface area is 109 Å². The molecule has 0 aromatic heterocycles. The molecule has 0 aliphatic heterocycles. The van der Waals surface area contributed by atoms with Gasteiger partial charge in [-0.15, -0.1) is 0 Å². The van der Waals surface area contributed by atoms with Crippen LogP contribution >= 0.6 is 0 Å². The topological polar surface area (TPSA) is 26.3 Å². The second-order valence-corrected chi connectivity index (χ2v) is 4.04. The molecule has 0 aliphatic carbocycles. The highest BCUT2D eigenvalue weighted by Gasteiger charge is 2.12. The number of rotatable bonds is 4. The quantitative estimate of drug-likeness (QED) is 0.789. The standard InChI is InChI=1S/C15H12F2O2/c1-19-15-5-3-2-4-11(15)9-14(18)10-6-7-12(16)13(17)8-10/h2-8H,9H2,1H3.